The zero-order valence-corrected chi connectivity index (χ0v) is 15.6. The van der Waals surface area contributed by atoms with E-state index in [2.05, 4.69) is 29.4 Å². The molecule has 0 amide bonds. The maximum absolute atomic E-state index is 11.9. The van der Waals surface area contributed by atoms with Crippen molar-refractivity contribution in [3.63, 3.8) is 0 Å². The molecule has 1 aromatic heterocycles. The number of nitrogens with zero attached hydrogens (tertiary/aromatic N) is 2. The fraction of sp³-hybridized carbons (Fsp3) is 0.0400. The lowest BCUT2D eigenvalue weighted by molar-refractivity contribution is -0.659. The second-order valence-electron chi connectivity index (χ2n) is 6.54. The highest BCUT2D eigenvalue weighted by molar-refractivity contribution is 5.74. The van der Waals surface area contributed by atoms with Gasteiger partial charge < -0.3 is 5.11 Å². The Bertz CT molecular complexity index is 1040. The van der Waals surface area contributed by atoms with Gasteiger partial charge in [0.15, 0.2) is 0 Å². The second-order valence-corrected chi connectivity index (χ2v) is 6.54. The van der Waals surface area contributed by atoms with Gasteiger partial charge in [-0.25, -0.2) is 0 Å². The van der Waals surface area contributed by atoms with E-state index in [0.29, 0.717) is 0 Å². The molecule has 3 aromatic carbocycles. The lowest BCUT2D eigenvalue weighted by atomic mass is 10.00. The molecular weight excluding hydrogens is 344 g/mol. The predicted octanol–water partition coefficient (Wildman–Crippen LogP) is 4.52. The number of hydrogen-bond acceptors (Lipinski definition) is 2. The van der Waals surface area contributed by atoms with Crippen molar-refractivity contribution in [2.45, 2.75) is 6.92 Å². The average Bonchev–Trinajstić information content (AvgIpc) is 2.75. The highest BCUT2D eigenvalue weighted by Gasteiger charge is 2.23. The van der Waals surface area contributed by atoms with Gasteiger partial charge in [-0.05, 0) is 52.1 Å². The molecular formula is C25H20N2O. The molecule has 136 valence electrons. The van der Waals surface area contributed by atoms with Gasteiger partial charge in [-0.15, -0.1) is 0 Å². The summed E-state index contributed by atoms with van der Waals surface area (Å²) in [6.07, 6.45) is 0. The first-order valence-corrected chi connectivity index (χ1v) is 9.21. The minimum absolute atomic E-state index is 0.244. The molecule has 0 aliphatic heterocycles. The number of hydrogen-bond donors (Lipinski definition) is 0. The minimum atomic E-state index is -0.244. The van der Waals surface area contributed by atoms with E-state index in [1.54, 1.807) is 4.68 Å². The molecule has 3 heteroatoms. The number of aromatic nitrogens is 1. The second kappa shape index (κ2) is 7.89. The third-order valence-electron chi connectivity index (χ3n) is 4.53. The maximum Gasteiger partial charge on any atom is 0.246 e. The van der Waals surface area contributed by atoms with E-state index in [4.69, 9.17) is 0 Å². The standard InChI is InChI=1S/C25H20N2O/c1-19(28)26-27-24(21-13-7-3-8-14-21)17-23(20-11-5-2-6-12-20)18-25(27)22-15-9-4-10-16-22/h2-18H,1H3. The van der Waals surface area contributed by atoms with Crippen LogP contribution in [0, 0.1) is 0 Å². The van der Waals surface area contributed by atoms with Crippen LogP contribution in [0.25, 0.3) is 33.6 Å². The highest BCUT2D eigenvalue weighted by atomic mass is 16.3. The van der Waals surface area contributed by atoms with Crippen molar-refractivity contribution >= 4 is 5.90 Å². The van der Waals surface area contributed by atoms with Crippen LogP contribution < -0.4 is 9.78 Å². The van der Waals surface area contributed by atoms with Crippen LogP contribution in [0.4, 0.5) is 0 Å². The highest BCUT2D eigenvalue weighted by Crippen LogP contribution is 2.29. The third kappa shape index (κ3) is 3.69. The molecule has 0 spiro atoms. The first kappa shape index (κ1) is 17.7. The molecule has 0 atom stereocenters. The Balaban J connectivity index is 2.07. The predicted molar refractivity (Wildman–Crippen MR) is 111 cm³/mol. The summed E-state index contributed by atoms with van der Waals surface area (Å²) in [5, 5.41) is 16.3. The molecule has 3 nitrogen and oxygen atoms in total. The summed E-state index contributed by atoms with van der Waals surface area (Å²) in [6, 6.07) is 34.5. The van der Waals surface area contributed by atoms with Crippen LogP contribution in [0.15, 0.2) is 108 Å². The van der Waals surface area contributed by atoms with Crippen molar-refractivity contribution in [1.29, 1.82) is 0 Å². The average molecular weight is 364 g/mol. The molecule has 28 heavy (non-hydrogen) atoms. The number of rotatable bonds is 4. The largest absolute Gasteiger partial charge is 0.858 e. The van der Waals surface area contributed by atoms with Gasteiger partial charge in [0.25, 0.3) is 0 Å². The Labute approximate surface area is 164 Å². The van der Waals surface area contributed by atoms with Crippen LogP contribution >= 0.6 is 0 Å². The van der Waals surface area contributed by atoms with Gasteiger partial charge >= 0.3 is 0 Å². The van der Waals surface area contributed by atoms with E-state index in [1.807, 2.05) is 78.9 Å². The van der Waals surface area contributed by atoms with E-state index in [-0.39, 0.29) is 5.90 Å². The van der Waals surface area contributed by atoms with Crippen LogP contribution in [0.3, 0.4) is 0 Å². The quantitative estimate of drug-likeness (QED) is 0.298. The molecule has 1 heterocycles. The first-order valence-electron chi connectivity index (χ1n) is 9.21. The Hall–Kier alpha value is -3.72. The zero-order valence-electron chi connectivity index (χ0n) is 15.6. The van der Waals surface area contributed by atoms with Gasteiger partial charge in [0.1, 0.15) is 0 Å². The van der Waals surface area contributed by atoms with Crippen molar-refractivity contribution in [2.24, 2.45) is 5.10 Å². The lowest BCUT2D eigenvalue weighted by Gasteiger charge is -2.10. The molecule has 0 radical (unpaired) electrons. The van der Waals surface area contributed by atoms with Gasteiger partial charge in [0.05, 0.1) is 0 Å². The van der Waals surface area contributed by atoms with Crippen molar-refractivity contribution in [2.75, 3.05) is 0 Å². The molecule has 0 unspecified atom stereocenters. The summed E-state index contributed by atoms with van der Waals surface area (Å²) < 4.78 is 1.75. The molecule has 4 aromatic rings. The van der Waals surface area contributed by atoms with Gasteiger partial charge in [-0.3, -0.25) is 0 Å². The topological polar surface area (TPSA) is 39.3 Å². The van der Waals surface area contributed by atoms with Crippen molar-refractivity contribution in [3.8, 4) is 33.6 Å². The Morgan fingerprint density at radius 3 is 1.39 bits per heavy atom. The molecule has 4 rings (SSSR count). The van der Waals surface area contributed by atoms with Crippen LogP contribution in [0.5, 0.6) is 0 Å². The van der Waals surface area contributed by atoms with E-state index in [9.17, 15) is 5.11 Å². The van der Waals surface area contributed by atoms with Crippen LogP contribution in [-0.2, 0) is 0 Å². The van der Waals surface area contributed by atoms with E-state index >= 15 is 0 Å². The molecule has 0 fully saturated rings. The Morgan fingerprint density at radius 2 is 1.00 bits per heavy atom. The molecule has 0 aliphatic rings. The molecule has 0 saturated heterocycles. The Kier molecular flexibility index (Phi) is 4.98. The van der Waals surface area contributed by atoms with Crippen molar-refractivity contribution in [3.05, 3.63) is 103 Å². The molecule has 0 aliphatic carbocycles. The van der Waals surface area contributed by atoms with E-state index in [0.717, 1.165) is 33.6 Å². The van der Waals surface area contributed by atoms with Crippen LogP contribution in [0.1, 0.15) is 6.92 Å². The number of pyridine rings is 1. The fourth-order valence-corrected chi connectivity index (χ4v) is 3.26. The fourth-order valence-electron chi connectivity index (χ4n) is 3.26. The SMILES string of the molecule is C/C([O-])=N/[n+]1c(-c2ccccc2)cc(-c2ccccc2)cc1-c1ccccc1. The van der Waals surface area contributed by atoms with Crippen molar-refractivity contribution in [1.82, 2.24) is 0 Å². The lowest BCUT2D eigenvalue weighted by Crippen LogP contribution is -2.37. The first-order chi connectivity index (χ1) is 13.7. The van der Waals surface area contributed by atoms with Crippen LogP contribution in [-0.4, -0.2) is 5.90 Å². The summed E-state index contributed by atoms with van der Waals surface area (Å²) in [5.41, 5.74) is 5.94. The summed E-state index contributed by atoms with van der Waals surface area (Å²) in [6.45, 7) is 1.47. The smallest absolute Gasteiger partial charge is 0.246 e. The van der Waals surface area contributed by atoms with Crippen LogP contribution in [0.2, 0.25) is 0 Å². The molecule has 0 saturated carbocycles. The monoisotopic (exact) mass is 364 g/mol. The summed E-state index contributed by atoms with van der Waals surface area (Å²) in [4.78, 5) is 0. The summed E-state index contributed by atoms with van der Waals surface area (Å²) >= 11 is 0. The van der Waals surface area contributed by atoms with Gasteiger partial charge in [0.2, 0.25) is 11.4 Å². The van der Waals surface area contributed by atoms with Gasteiger partial charge in [-0.1, -0.05) is 66.7 Å². The molecule has 0 bridgehead atoms. The molecule has 0 N–H and O–H groups in total. The Morgan fingerprint density at radius 1 is 0.607 bits per heavy atom. The van der Waals surface area contributed by atoms with E-state index in [1.165, 1.54) is 6.92 Å². The zero-order chi connectivity index (χ0) is 19.3. The maximum atomic E-state index is 11.9. The summed E-state index contributed by atoms with van der Waals surface area (Å²) in [7, 11) is 0. The van der Waals surface area contributed by atoms with Crippen molar-refractivity contribution < 1.29 is 9.78 Å². The minimum Gasteiger partial charge on any atom is -0.858 e. The van der Waals surface area contributed by atoms with E-state index < -0.39 is 0 Å². The number of benzene rings is 3. The van der Waals surface area contributed by atoms with Gasteiger partial charge in [-0.2, -0.15) is 0 Å². The van der Waals surface area contributed by atoms with Gasteiger partial charge in [0, 0.05) is 29.2 Å². The third-order valence-corrected chi connectivity index (χ3v) is 4.53. The summed E-state index contributed by atoms with van der Waals surface area (Å²) in [5.74, 6) is -0.244. The normalized spacial score (nSPS) is 11.4.